The molecule has 0 unspecified atom stereocenters. The highest BCUT2D eigenvalue weighted by Gasteiger charge is 2.41. The van der Waals surface area contributed by atoms with Gasteiger partial charge in [-0.1, -0.05) is 36.4 Å². The van der Waals surface area contributed by atoms with Gasteiger partial charge in [-0.15, -0.1) is 0 Å². The molecular weight excluding hydrogens is 567 g/mol. The van der Waals surface area contributed by atoms with Crippen LogP contribution in [0.1, 0.15) is 37.8 Å². The van der Waals surface area contributed by atoms with E-state index in [1.807, 2.05) is 6.07 Å². The number of carbonyl (C=O) groups is 1. The molecule has 1 atom stereocenters. The summed E-state index contributed by atoms with van der Waals surface area (Å²) in [5.41, 5.74) is 0.389. The first-order chi connectivity index (χ1) is 18.6. The van der Waals surface area contributed by atoms with Gasteiger partial charge >= 0.3 is 6.18 Å². The number of nitrogens with one attached hydrogen (secondary N) is 2. The Morgan fingerprint density at radius 3 is 2.55 bits per heavy atom. The zero-order chi connectivity index (χ0) is 29.7. The third-order valence-corrected chi connectivity index (χ3v) is 8.30. The first-order valence-corrected chi connectivity index (χ1v) is 14.1. The number of carbonyl (C=O) groups excluding carboxylic acids is 1. The molecule has 13 heteroatoms. The zero-order valence-corrected chi connectivity index (χ0v) is 23.5. The molecule has 2 N–H and O–H groups in total. The highest BCUT2D eigenvalue weighted by Crippen LogP contribution is 2.25. The van der Waals surface area contributed by atoms with Gasteiger partial charge in [-0.05, 0) is 61.7 Å². The number of alkyl halides is 3. The number of amides is 1. The van der Waals surface area contributed by atoms with Gasteiger partial charge in [0.2, 0.25) is 15.9 Å². The number of nitriles is 1. The summed E-state index contributed by atoms with van der Waals surface area (Å²) in [7, 11) is -4.04. The van der Waals surface area contributed by atoms with Gasteiger partial charge in [0, 0.05) is 24.7 Å². The highest BCUT2D eigenvalue weighted by atomic mass is 35.5. The number of benzene rings is 2. The molecule has 1 aliphatic heterocycles. The van der Waals surface area contributed by atoms with Crippen LogP contribution >= 0.6 is 11.6 Å². The van der Waals surface area contributed by atoms with Crippen molar-refractivity contribution < 1.29 is 26.4 Å². The monoisotopic (exact) mass is 595 g/mol. The molecule has 1 heterocycles. The van der Waals surface area contributed by atoms with Crippen LogP contribution in [0.3, 0.4) is 0 Å². The van der Waals surface area contributed by atoms with Crippen molar-refractivity contribution >= 4 is 33.4 Å². The molecule has 214 valence electrons. The number of sulfonamides is 1. The van der Waals surface area contributed by atoms with Crippen LogP contribution in [0.4, 0.5) is 13.2 Å². The van der Waals surface area contributed by atoms with Crippen molar-refractivity contribution in [2.24, 2.45) is 4.99 Å². The van der Waals surface area contributed by atoms with Crippen LogP contribution in [-0.4, -0.2) is 55.3 Å². The SMILES string of the molecule is C=C(CCN(Cc1ccc(Cl)cc1)S(=O)(=O)c1cccc(C#N)c1)C1=N[C@@H](C(=O)NCCC(F)(F)F)C(C)(C)N1. The second-order valence-electron chi connectivity index (χ2n) is 9.84. The van der Waals surface area contributed by atoms with E-state index in [0.29, 0.717) is 16.2 Å². The lowest BCUT2D eigenvalue weighted by atomic mass is 9.96. The normalized spacial score (nSPS) is 16.6. The van der Waals surface area contributed by atoms with E-state index in [1.54, 1.807) is 38.1 Å². The molecule has 0 saturated heterocycles. The minimum Gasteiger partial charge on any atom is -0.363 e. The van der Waals surface area contributed by atoms with Crippen molar-refractivity contribution in [3.8, 4) is 6.07 Å². The number of amidine groups is 1. The minimum absolute atomic E-state index is 0.00977. The van der Waals surface area contributed by atoms with E-state index in [1.165, 1.54) is 28.6 Å². The molecule has 2 aromatic rings. The number of aliphatic imine (C=N–C) groups is 1. The number of halogens is 4. The number of hydrogen-bond acceptors (Lipinski definition) is 6. The van der Waals surface area contributed by atoms with Gasteiger partial charge in [0.15, 0.2) is 6.04 Å². The summed E-state index contributed by atoms with van der Waals surface area (Å²) in [6.45, 7) is 6.82. The van der Waals surface area contributed by atoms with E-state index in [4.69, 9.17) is 11.6 Å². The molecule has 0 saturated carbocycles. The quantitative estimate of drug-likeness (QED) is 0.395. The first kappa shape index (κ1) is 31.1. The van der Waals surface area contributed by atoms with Gasteiger partial charge in [0.1, 0.15) is 5.84 Å². The van der Waals surface area contributed by atoms with Crippen LogP contribution in [0, 0.1) is 11.3 Å². The Morgan fingerprint density at radius 2 is 1.93 bits per heavy atom. The van der Waals surface area contributed by atoms with Gasteiger partial charge in [-0.3, -0.25) is 9.79 Å². The molecule has 40 heavy (non-hydrogen) atoms. The molecule has 1 amide bonds. The Labute approximate surface area is 236 Å². The molecule has 0 spiro atoms. The molecule has 0 bridgehead atoms. The molecule has 0 aromatic heterocycles. The van der Waals surface area contributed by atoms with Crippen molar-refractivity contribution in [1.29, 1.82) is 5.26 Å². The molecule has 8 nitrogen and oxygen atoms in total. The minimum atomic E-state index is -4.40. The lowest BCUT2D eigenvalue weighted by Gasteiger charge is -2.26. The summed E-state index contributed by atoms with van der Waals surface area (Å²) >= 11 is 5.98. The molecule has 0 radical (unpaired) electrons. The van der Waals surface area contributed by atoms with Gasteiger partial charge in [0.05, 0.1) is 28.5 Å². The standard InChI is InChI=1S/C27H29ClF3N5O3S/c1-18(24-34-23(26(2,3)35-24)25(37)33-13-12-27(29,30)31)11-14-36(17-19-7-9-21(28)10-8-19)40(38,39)22-6-4-5-20(15-22)16-32/h4-10,15,23H,1,11-14,17H2,2-3H3,(H,33,37)(H,34,35)/t23-/m0/s1. The Morgan fingerprint density at radius 1 is 1.25 bits per heavy atom. The average molecular weight is 596 g/mol. The Kier molecular flexibility index (Phi) is 9.66. The van der Waals surface area contributed by atoms with Crippen molar-refractivity contribution in [1.82, 2.24) is 14.9 Å². The van der Waals surface area contributed by atoms with E-state index in [9.17, 15) is 31.6 Å². The third kappa shape index (κ3) is 8.06. The van der Waals surface area contributed by atoms with Crippen LogP contribution in [-0.2, 0) is 21.4 Å². The zero-order valence-electron chi connectivity index (χ0n) is 21.9. The van der Waals surface area contributed by atoms with Crippen LogP contribution in [0.25, 0.3) is 0 Å². The van der Waals surface area contributed by atoms with Crippen molar-refractivity contribution in [2.45, 2.75) is 55.9 Å². The van der Waals surface area contributed by atoms with Gasteiger partial charge in [0.25, 0.3) is 0 Å². The van der Waals surface area contributed by atoms with Crippen LogP contribution in [0.2, 0.25) is 5.02 Å². The maximum absolute atomic E-state index is 13.6. The average Bonchev–Trinajstić information content (AvgIpc) is 3.21. The molecule has 1 aliphatic rings. The maximum Gasteiger partial charge on any atom is 0.390 e. The van der Waals surface area contributed by atoms with Gasteiger partial charge in [-0.25, -0.2) is 8.42 Å². The fraction of sp³-hybridized carbons (Fsp3) is 0.370. The van der Waals surface area contributed by atoms with Crippen molar-refractivity contribution in [2.75, 3.05) is 13.1 Å². The summed E-state index contributed by atoms with van der Waals surface area (Å²) in [5, 5.41) is 15.1. The molecule has 3 rings (SSSR count). The number of hydrogen-bond donors (Lipinski definition) is 2. The van der Waals surface area contributed by atoms with E-state index >= 15 is 0 Å². The van der Waals surface area contributed by atoms with E-state index in [0.717, 1.165) is 0 Å². The smallest absolute Gasteiger partial charge is 0.363 e. The summed E-state index contributed by atoms with van der Waals surface area (Å²) in [6.07, 6.45) is -5.42. The second-order valence-corrected chi connectivity index (χ2v) is 12.2. The Balaban J connectivity index is 1.78. The predicted octanol–water partition coefficient (Wildman–Crippen LogP) is 4.57. The summed E-state index contributed by atoms with van der Waals surface area (Å²) in [4.78, 5) is 16.9. The predicted molar refractivity (Wildman–Crippen MR) is 146 cm³/mol. The van der Waals surface area contributed by atoms with E-state index < -0.39 is 46.7 Å². The molecular formula is C27H29ClF3N5O3S. The summed E-state index contributed by atoms with van der Waals surface area (Å²) in [5.74, 6) is -0.384. The Hall–Kier alpha value is -3.40. The van der Waals surface area contributed by atoms with Crippen LogP contribution in [0.5, 0.6) is 0 Å². The summed E-state index contributed by atoms with van der Waals surface area (Å²) < 4.78 is 65.9. The maximum atomic E-state index is 13.6. The second kappa shape index (κ2) is 12.4. The van der Waals surface area contributed by atoms with Crippen molar-refractivity contribution in [3.63, 3.8) is 0 Å². The molecule has 2 aromatic carbocycles. The van der Waals surface area contributed by atoms with Gasteiger partial charge < -0.3 is 10.6 Å². The van der Waals surface area contributed by atoms with Crippen molar-refractivity contribution in [3.05, 3.63) is 76.8 Å². The van der Waals surface area contributed by atoms with Crippen LogP contribution in [0.15, 0.2) is 70.6 Å². The third-order valence-electron chi connectivity index (χ3n) is 6.21. The fourth-order valence-corrected chi connectivity index (χ4v) is 5.62. The largest absolute Gasteiger partial charge is 0.390 e. The van der Waals surface area contributed by atoms with Crippen LogP contribution < -0.4 is 10.6 Å². The molecule has 0 fully saturated rings. The van der Waals surface area contributed by atoms with E-state index in [-0.39, 0.29) is 35.8 Å². The Bertz CT molecular complexity index is 1430. The number of rotatable bonds is 11. The lowest BCUT2D eigenvalue weighted by Crippen LogP contribution is -2.51. The topological polar surface area (TPSA) is 115 Å². The first-order valence-electron chi connectivity index (χ1n) is 12.3. The van der Waals surface area contributed by atoms with E-state index in [2.05, 4.69) is 22.2 Å². The van der Waals surface area contributed by atoms with Gasteiger partial charge in [-0.2, -0.15) is 22.7 Å². The number of nitrogens with zero attached hydrogens (tertiary/aromatic N) is 3. The highest BCUT2D eigenvalue weighted by molar-refractivity contribution is 7.89. The fourth-order valence-electron chi connectivity index (χ4n) is 4.02. The lowest BCUT2D eigenvalue weighted by molar-refractivity contribution is -0.136. The summed E-state index contributed by atoms with van der Waals surface area (Å²) in [6, 6.07) is 13.3. The molecule has 0 aliphatic carbocycles.